The highest BCUT2D eigenvalue weighted by atomic mass is 16.2. The molecule has 2 N–H and O–H groups in total. The molecule has 2 amide bonds. The summed E-state index contributed by atoms with van der Waals surface area (Å²) >= 11 is 0. The number of carbonyl (C=O) groups is 2. The van der Waals surface area contributed by atoms with Gasteiger partial charge in [0.1, 0.15) is 11.4 Å². The van der Waals surface area contributed by atoms with Crippen molar-refractivity contribution in [3.8, 4) is 0 Å². The molecule has 1 fully saturated rings. The second-order valence-corrected chi connectivity index (χ2v) is 6.82. The summed E-state index contributed by atoms with van der Waals surface area (Å²) < 4.78 is 2.12. The fourth-order valence-corrected chi connectivity index (χ4v) is 3.41. The molecular weight excluding hydrogens is 280 g/mol. The van der Waals surface area contributed by atoms with Gasteiger partial charge in [-0.25, -0.2) is 4.98 Å². The standard InChI is InChI=1S/C16H24N4O2/c1-10-8-20-9-13(6-7-14(20)17-10)18-15(22)16(3,12-4-5-12)19-11(2)21/h8,12-13H,4-7,9H2,1-3H3,(H,18,22)(H,19,21)/t13-,16-/m0/s1. The summed E-state index contributed by atoms with van der Waals surface area (Å²) in [5.41, 5.74) is 0.236. The van der Waals surface area contributed by atoms with Crippen LogP contribution in [0.1, 0.15) is 44.6 Å². The lowest BCUT2D eigenvalue weighted by molar-refractivity contribution is -0.133. The van der Waals surface area contributed by atoms with Gasteiger partial charge in [-0.3, -0.25) is 9.59 Å². The molecule has 22 heavy (non-hydrogen) atoms. The number of hydrogen-bond donors (Lipinski definition) is 2. The average Bonchev–Trinajstić information content (AvgIpc) is 3.20. The van der Waals surface area contributed by atoms with E-state index in [1.165, 1.54) is 6.92 Å². The average molecular weight is 304 g/mol. The van der Waals surface area contributed by atoms with Gasteiger partial charge in [0.2, 0.25) is 11.8 Å². The van der Waals surface area contributed by atoms with E-state index in [1.807, 2.05) is 20.0 Å². The van der Waals surface area contributed by atoms with E-state index in [0.717, 1.165) is 43.7 Å². The Hall–Kier alpha value is -1.85. The molecule has 6 nitrogen and oxygen atoms in total. The highest BCUT2D eigenvalue weighted by Gasteiger charge is 2.48. The maximum atomic E-state index is 12.7. The number of hydrogen-bond acceptors (Lipinski definition) is 3. The number of fused-ring (bicyclic) bond motifs is 1. The summed E-state index contributed by atoms with van der Waals surface area (Å²) in [4.78, 5) is 28.7. The first-order chi connectivity index (χ1) is 10.4. The van der Waals surface area contributed by atoms with Gasteiger partial charge in [0.05, 0.1) is 5.69 Å². The van der Waals surface area contributed by atoms with E-state index in [2.05, 4.69) is 20.2 Å². The quantitative estimate of drug-likeness (QED) is 0.869. The van der Waals surface area contributed by atoms with Crippen molar-refractivity contribution in [2.45, 2.75) is 64.6 Å². The lowest BCUT2D eigenvalue weighted by atomic mass is 9.93. The summed E-state index contributed by atoms with van der Waals surface area (Å²) in [6, 6.07) is 0.0976. The first kappa shape index (κ1) is 15.1. The molecule has 0 aromatic carbocycles. The van der Waals surface area contributed by atoms with E-state index in [9.17, 15) is 9.59 Å². The zero-order chi connectivity index (χ0) is 15.9. The Bertz CT molecular complexity index is 605. The number of rotatable bonds is 4. The largest absolute Gasteiger partial charge is 0.350 e. The Balaban J connectivity index is 1.67. The van der Waals surface area contributed by atoms with Crippen LogP contribution in [0.25, 0.3) is 0 Å². The summed E-state index contributed by atoms with van der Waals surface area (Å²) in [5, 5.41) is 5.99. The fraction of sp³-hybridized carbons (Fsp3) is 0.688. The van der Waals surface area contributed by atoms with E-state index in [0.29, 0.717) is 0 Å². The van der Waals surface area contributed by atoms with Crippen molar-refractivity contribution < 1.29 is 9.59 Å². The van der Waals surface area contributed by atoms with Crippen LogP contribution in [-0.2, 0) is 22.6 Å². The summed E-state index contributed by atoms with van der Waals surface area (Å²) in [6.45, 7) is 6.05. The molecule has 0 bridgehead atoms. The lowest BCUT2D eigenvalue weighted by Gasteiger charge is -2.33. The van der Waals surface area contributed by atoms with Gasteiger partial charge in [0, 0.05) is 32.1 Å². The zero-order valence-electron chi connectivity index (χ0n) is 13.5. The topological polar surface area (TPSA) is 76.0 Å². The number of aromatic nitrogens is 2. The van der Waals surface area contributed by atoms with Gasteiger partial charge >= 0.3 is 0 Å². The monoisotopic (exact) mass is 304 g/mol. The minimum atomic E-state index is -0.781. The molecule has 2 heterocycles. The Morgan fingerprint density at radius 2 is 2.09 bits per heavy atom. The number of nitrogens with one attached hydrogen (secondary N) is 2. The maximum Gasteiger partial charge on any atom is 0.246 e. The number of amides is 2. The van der Waals surface area contributed by atoms with Crippen LogP contribution in [0.3, 0.4) is 0 Å². The molecule has 1 aromatic rings. The predicted molar refractivity (Wildman–Crippen MR) is 82.2 cm³/mol. The van der Waals surface area contributed by atoms with Crippen molar-refractivity contribution in [2.75, 3.05) is 0 Å². The zero-order valence-corrected chi connectivity index (χ0v) is 13.5. The lowest BCUT2D eigenvalue weighted by Crippen LogP contribution is -2.60. The first-order valence-corrected chi connectivity index (χ1v) is 8.01. The van der Waals surface area contributed by atoms with Gasteiger partial charge in [-0.05, 0) is 39.0 Å². The van der Waals surface area contributed by atoms with Crippen LogP contribution in [0, 0.1) is 12.8 Å². The minimum absolute atomic E-state index is 0.0597. The second-order valence-electron chi connectivity index (χ2n) is 6.82. The second kappa shape index (κ2) is 5.41. The van der Waals surface area contributed by atoms with Crippen LogP contribution in [0.4, 0.5) is 0 Å². The Labute approximate surface area is 130 Å². The molecule has 3 rings (SSSR count). The molecule has 1 aliphatic heterocycles. The van der Waals surface area contributed by atoms with Gasteiger partial charge in [0.25, 0.3) is 0 Å². The van der Waals surface area contributed by atoms with Gasteiger partial charge < -0.3 is 15.2 Å². The SMILES string of the molecule is CC(=O)N[C@](C)(C(=O)N[C@H]1CCc2nc(C)cn2C1)C1CC1. The number of imidazole rings is 1. The normalized spacial score (nSPS) is 23.3. The smallest absolute Gasteiger partial charge is 0.246 e. The molecule has 2 atom stereocenters. The molecule has 1 saturated carbocycles. The van der Waals surface area contributed by atoms with Crippen molar-refractivity contribution in [2.24, 2.45) is 5.92 Å². The summed E-state index contributed by atoms with van der Waals surface area (Å²) in [5.74, 6) is 1.14. The molecule has 0 spiro atoms. The predicted octanol–water partition coefficient (Wildman–Crippen LogP) is 0.927. The van der Waals surface area contributed by atoms with Gasteiger partial charge in [-0.15, -0.1) is 0 Å². The van der Waals surface area contributed by atoms with Crippen LogP contribution >= 0.6 is 0 Å². The summed E-state index contributed by atoms with van der Waals surface area (Å²) in [7, 11) is 0. The molecule has 0 radical (unpaired) electrons. The highest BCUT2D eigenvalue weighted by Crippen LogP contribution is 2.39. The molecule has 6 heteroatoms. The maximum absolute atomic E-state index is 12.7. The van der Waals surface area contributed by atoms with Crippen molar-refractivity contribution in [3.05, 3.63) is 17.7 Å². The van der Waals surface area contributed by atoms with Gasteiger partial charge in [-0.2, -0.15) is 0 Å². The van der Waals surface area contributed by atoms with E-state index in [-0.39, 0.29) is 23.8 Å². The van der Waals surface area contributed by atoms with Crippen LogP contribution in [0.15, 0.2) is 6.20 Å². The van der Waals surface area contributed by atoms with Gasteiger partial charge in [-0.1, -0.05) is 0 Å². The van der Waals surface area contributed by atoms with Crippen LogP contribution in [0.5, 0.6) is 0 Å². The molecular formula is C16H24N4O2. The third-order valence-corrected chi connectivity index (χ3v) is 4.75. The number of carbonyl (C=O) groups excluding carboxylic acids is 2. The highest BCUT2D eigenvalue weighted by molar-refractivity contribution is 5.91. The van der Waals surface area contributed by atoms with Crippen molar-refractivity contribution >= 4 is 11.8 Å². The van der Waals surface area contributed by atoms with Crippen LogP contribution in [0.2, 0.25) is 0 Å². The molecule has 0 saturated heterocycles. The van der Waals surface area contributed by atoms with E-state index in [1.54, 1.807) is 0 Å². The number of nitrogens with zero attached hydrogens (tertiary/aromatic N) is 2. The number of aryl methyl sites for hydroxylation is 2. The minimum Gasteiger partial charge on any atom is -0.350 e. The van der Waals surface area contributed by atoms with Crippen LogP contribution < -0.4 is 10.6 Å². The fourth-order valence-electron chi connectivity index (χ4n) is 3.41. The molecule has 2 aliphatic rings. The Kier molecular flexibility index (Phi) is 3.70. The Morgan fingerprint density at radius 1 is 1.36 bits per heavy atom. The third-order valence-electron chi connectivity index (χ3n) is 4.75. The van der Waals surface area contributed by atoms with E-state index >= 15 is 0 Å². The van der Waals surface area contributed by atoms with E-state index < -0.39 is 5.54 Å². The molecule has 120 valence electrons. The summed E-state index contributed by atoms with van der Waals surface area (Å²) in [6.07, 6.45) is 5.79. The van der Waals surface area contributed by atoms with Gasteiger partial charge in [0.15, 0.2) is 0 Å². The molecule has 1 aliphatic carbocycles. The Morgan fingerprint density at radius 3 is 2.73 bits per heavy atom. The van der Waals surface area contributed by atoms with E-state index in [4.69, 9.17) is 0 Å². The van der Waals surface area contributed by atoms with Crippen molar-refractivity contribution in [1.82, 2.24) is 20.2 Å². The molecule has 0 unspecified atom stereocenters. The first-order valence-electron chi connectivity index (χ1n) is 8.01. The molecule has 1 aromatic heterocycles. The van der Waals surface area contributed by atoms with Crippen molar-refractivity contribution in [3.63, 3.8) is 0 Å². The van der Waals surface area contributed by atoms with Crippen LogP contribution in [-0.4, -0.2) is 32.9 Å². The van der Waals surface area contributed by atoms with Crippen molar-refractivity contribution in [1.29, 1.82) is 0 Å². The third kappa shape index (κ3) is 2.87.